The molecular formula is C17H21NO3. The van der Waals surface area contributed by atoms with E-state index in [9.17, 15) is 4.79 Å². The van der Waals surface area contributed by atoms with E-state index < -0.39 is 0 Å². The topological polar surface area (TPSA) is 49.8 Å². The molecule has 0 aromatic heterocycles. The fourth-order valence-electron chi connectivity index (χ4n) is 2.34. The van der Waals surface area contributed by atoms with Gasteiger partial charge in [-0.2, -0.15) is 0 Å². The highest BCUT2D eigenvalue weighted by Gasteiger charge is 2.26. The number of morpholine rings is 1. The lowest BCUT2D eigenvalue weighted by Gasteiger charge is -2.35. The molecule has 0 spiro atoms. The van der Waals surface area contributed by atoms with Gasteiger partial charge in [-0.25, -0.2) is 0 Å². The maximum Gasteiger partial charge on any atom is 0.254 e. The average molecular weight is 287 g/mol. The van der Waals surface area contributed by atoms with E-state index in [1.165, 1.54) is 0 Å². The Morgan fingerprint density at radius 2 is 2.19 bits per heavy atom. The largest absolute Gasteiger partial charge is 0.395 e. The molecule has 0 saturated carbocycles. The third-order valence-electron chi connectivity index (χ3n) is 3.56. The smallest absolute Gasteiger partial charge is 0.254 e. The number of rotatable bonds is 3. The second kappa shape index (κ2) is 7.82. The van der Waals surface area contributed by atoms with Crippen molar-refractivity contribution in [2.75, 3.05) is 26.4 Å². The first-order valence-corrected chi connectivity index (χ1v) is 7.34. The summed E-state index contributed by atoms with van der Waals surface area (Å²) in [4.78, 5) is 14.4. The number of nitrogens with zero attached hydrogens (tertiary/aromatic N) is 1. The molecule has 1 atom stereocenters. The van der Waals surface area contributed by atoms with Gasteiger partial charge >= 0.3 is 0 Å². The standard InChI is InChI=1S/C17H21NO3/c1-2-16-13-21-12-10-18(16)17(20)15-8-6-14(7-9-15)5-3-4-11-19/h6-9,16,19H,2,4,10-13H2,1H3. The van der Waals surface area contributed by atoms with Crippen molar-refractivity contribution in [1.82, 2.24) is 4.90 Å². The number of carbonyl (C=O) groups is 1. The summed E-state index contributed by atoms with van der Waals surface area (Å²) in [6.07, 6.45) is 1.36. The highest BCUT2D eigenvalue weighted by atomic mass is 16.5. The van der Waals surface area contributed by atoms with Gasteiger partial charge in [0.05, 0.1) is 25.9 Å². The zero-order valence-electron chi connectivity index (χ0n) is 12.3. The molecule has 112 valence electrons. The first-order chi connectivity index (χ1) is 10.3. The molecule has 0 radical (unpaired) electrons. The molecule has 4 heteroatoms. The van der Waals surface area contributed by atoms with Gasteiger partial charge in [-0.1, -0.05) is 18.8 Å². The maximum atomic E-state index is 12.5. The van der Waals surface area contributed by atoms with Crippen LogP contribution >= 0.6 is 0 Å². The fraction of sp³-hybridized carbons (Fsp3) is 0.471. The lowest BCUT2D eigenvalue weighted by molar-refractivity contribution is -0.00279. The highest BCUT2D eigenvalue weighted by molar-refractivity contribution is 5.94. The molecule has 1 unspecified atom stereocenters. The van der Waals surface area contributed by atoms with Crippen molar-refractivity contribution >= 4 is 5.91 Å². The summed E-state index contributed by atoms with van der Waals surface area (Å²) >= 11 is 0. The van der Waals surface area contributed by atoms with Crippen LogP contribution in [0.3, 0.4) is 0 Å². The van der Waals surface area contributed by atoms with E-state index in [1.54, 1.807) is 0 Å². The van der Waals surface area contributed by atoms with Crippen LogP contribution in [0.1, 0.15) is 35.7 Å². The maximum absolute atomic E-state index is 12.5. The minimum absolute atomic E-state index is 0.0556. The van der Waals surface area contributed by atoms with Crippen LogP contribution in [0.5, 0.6) is 0 Å². The first-order valence-electron chi connectivity index (χ1n) is 7.34. The summed E-state index contributed by atoms with van der Waals surface area (Å²) in [5.74, 6) is 5.88. The van der Waals surface area contributed by atoms with Crippen molar-refractivity contribution in [2.45, 2.75) is 25.8 Å². The molecule has 0 bridgehead atoms. The van der Waals surface area contributed by atoms with Crippen LogP contribution in [-0.2, 0) is 4.74 Å². The molecule has 1 aliphatic rings. The molecular weight excluding hydrogens is 266 g/mol. The van der Waals surface area contributed by atoms with Gasteiger partial charge < -0.3 is 14.7 Å². The molecule has 1 saturated heterocycles. The van der Waals surface area contributed by atoms with Gasteiger partial charge in [-0.3, -0.25) is 4.79 Å². The van der Waals surface area contributed by atoms with E-state index in [1.807, 2.05) is 29.2 Å². The predicted molar refractivity (Wildman–Crippen MR) is 81.0 cm³/mol. The molecule has 1 N–H and O–H groups in total. The van der Waals surface area contributed by atoms with Gasteiger partial charge in [0.2, 0.25) is 0 Å². The zero-order chi connectivity index (χ0) is 15.1. The van der Waals surface area contributed by atoms with Crippen molar-refractivity contribution in [3.8, 4) is 11.8 Å². The summed E-state index contributed by atoms with van der Waals surface area (Å²) in [7, 11) is 0. The number of hydrogen-bond donors (Lipinski definition) is 1. The Morgan fingerprint density at radius 1 is 1.43 bits per heavy atom. The van der Waals surface area contributed by atoms with Crippen LogP contribution in [0.2, 0.25) is 0 Å². The Hall–Kier alpha value is -1.83. The zero-order valence-corrected chi connectivity index (χ0v) is 12.3. The lowest BCUT2D eigenvalue weighted by Crippen LogP contribution is -2.48. The van der Waals surface area contributed by atoms with Crippen LogP contribution in [0.15, 0.2) is 24.3 Å². The van der Waals surface area contributed by atoms with Gasteiger partial charge in [0.15, 0.2) is 0 Å². The normalized spacial score (nSPS) is 18.0. The third kappa shape index (κ3) is 4.07. The number of aliphatic hydroxyl groups excluding tert-OH is 1. The summed E-state index contributed by atoms with van der Waals surface area (Å²) in [6.45, 7) is 4.01. The van der Waals surface area contributed by atoms with Crippen molar-refractivity contribution in [1.29, 1.82) is 0 Å². The number of hydrogen-bond acceptors (Lipinski definition) is 3. The van der Waals surface area contributed by atoms with Crippen LogP contribution in [-0.4, -0.2) is 48.3 Å². The summed E-state index contributed by atoms with van der Waals surface area (Å²) in [5, 5.41) is 8.69. The van der Waals surface area contributed by atoms with Gasteiger partial charge in [-0.05, 0) is 30.7 Å². The summed E-state index contributed by atoms with van der Waals surface area (Å²) in [6, 6.07) is 7.48. The lowest BCUT2D eigenvalue weighted by atomic mass is 10.1. The molecule has 2 rings (SSSR count). The van der Waals surface area contributed by atoms with Gasteiger partial charge in [-0.15, -0.1) is 0 Å². The second-order valence-electron chi connectivity index (χ2n) is 4.99. The summed E-state index contributed by atoms with van der Waals surface area (Å²) < 4.78 is 5.43. The van der Waals surface area contributed by atoms with Crippen molar-refractivity contribution in [2.24, 2.45) is 0 Å². The molecule has 1 heterocycles. The monoisotopic (exact) mass is 287 g/mol. The minimum atomic E-state index is 0.0556. The highest BCUT2D eigenvalue weighted by Crippen LogP contribution is 2.15. The average Bonchev–Trinajstić information content (AvgIpc) is 2.55. The van der Waals surface area contributed by atoms with E-state index in [-0.39, 0.29) is 18.6 Å². The van der Waals surface area contributed by atoms with E-state index in [0.717, 1.165) is 12.0 Å². The van der Waals surface area contributed by atoms with Gasteiger partial charge in [0, 0.05) is 24.1 Å². The molecule has 21 heavy (non-hydrogen) atoms. The van der Waals surface area contributed by atoms with E-state index in [4.69, 9.17) is 9.84 Å². The number of aliphatic hydroxyl groups is 1. The van der Waals surface area contributed by atoms with Crippen LogP contribution in [0, 0.1) is 11.8 Å². The van der Waals surface area contributed by atoms with E-state index in [0.29, 0.717) is 31.7 Å². The Balaban J connectivity index is 2.07. The number of amides is 1. The molecule has 1 amide bonds. The van der Waals surface area contributed by atoms with Crippen LogP contribution < -0.4 is 0 Å². The number of carbonyl (C=O) groups excluding carboxylic acids is 1. The minimum Gasteiger partial charge on any atom is -0.395 e. The van der Waals surface area contributed by atoms with Gasteiger partial charge in [0.25, 0.3) is 5.91 Å². The molecule has 1 aromatic rings. The number of ether oxygens (including phenoxy) is 1. The Morgan fingerprint density at radius 3 is 2.86 bits per heavy atom. The second-order valence-corrected chi connectivity index (χ2v) is 4.99. The van der Waals surface area contributed by atoms with Crippen molar-refractivity contribution < 1.29 is 14.6 Å². The quantitative estimate of drug-likeness (QED) is 0.860. The van der Waals surface area contributed by atoms with Crippen LogP contribution in [0.4, 0.5) is 0 Å². The molecule has 1 aliphatic heterocycles. The van der Waals surface area contributed by atoms with Crippen molar-refractivity contribution in [3.63, 3.8) is 0 Å². The third-order valence-corrected chi connectivity index (χ3v) is 3.56. The van der Waals surface area contributed by atoms with E-state index in [2.05, 4.69) is 18.8 Å². The van der Waals surface area contributed by atoms with E-state index >= 15 is 0 Å². The molecule has 4 nitrogen and oxygen atoms in total. The Labute approximate surface area is 125 Å². The number of benzene rings is 1. The molecule has 1 aromatic carbocycles. The SMILES string of the molecule is CCC1COCCN1C(=O)c1ccc(C#CCCO)cc1. The first kappa shape index (κ1) is 15.6. The van der Waals surface area contributed by atoms with Gasteiger partial charge in [0.1, 0.15) is 0 Å². The fourth-order valence-corrected chi connectivity index (χ4v) is 2.34. The predicted octanol–water partition coefficient (Wildman–Crippen LogP) is 1.67. The molecule has 1 fully saturated rings. The summed E-state index contributed by atoms with van der Waals surface area (Å²) in [5.41, 5.74) is 1.54. The van der Waals surface area contributed by atoms with Crippen LogP contribution in [0.25, 0.3) is 0 Å². The Kier molecular flexibility index (Phi) is 5.79. The van der Waals surface area contributed by atoms with Crippen molar-refractivity contribution in [3.05, 3.63) is 35.4 Å². The Bertz CT molecular complexity index is 527. The molecule has 0 aliphatic carbocycles.